The van der Waals surface area contributed by atoms with Crippen molar-refractivity contribution in [1.82, 2.24) is 29.1 Å². The Bertz CT molecular complexity index is 6110. The maximum Gasteiger partial charge on any atom is 0.0963 e. The van der Waals surface area contributed by atoms with E-state index in [1.807, 2.05) is 73.3 Å². The number of pyridine rings is 4. The van der Waals surface area contributed by atoms with Crippen LogP contribution in [0, 0.1) is 0 Å². The van der Waals surface area contributed by atoms with Crippen LogP contribution in [0.25, 0.3) is 145 Å². The maximum absolute atomic E-state index is 4.93. The molecule has 8 heteroatoms. The average molecular weight is 1360 g/mol. The number of rotatable bonds is 15. The predicted molar refractivity (Wildman–Crippen MR) is 444 cm³/mol. The second-order valence-electron chi connectivity index (χ2n) is 26.3. The van der Waals surface area contributed by atoms with Crippen molar-refractivity contribution >= 4 is 112 Å². The molecule has 6 aromatic heterocycles. The van der Waals surface area contributed by atoms with Gasteiger partial charge in [0.05, 0.1) is 55.9 Å². The van der Waals surface area contributed by atoms with Gasteiger partial charge >= 0.3 is 0 Å². The number of benzene rings is 13. The monoisotopic (exact) mass is 1360 g/mol. The highest BCUT2D eigenvalue weighted by molar-refractivity contribution is 6.11. The number of hydrogen-bond acceptors (Lipinski definition) is 6. The lowest BCUT2D eigenvalue weighted by Crippen LogP contribution is -2.11. The summed E-state index contributed by atoms with van der Waals surface area (Å²) >= 11 is 0. The Labute approximate surface area is 615 Å². The first-order valence-corrected chi connectivity index (χ1v) is 35.6. The highest BCUT2D eigenvalue weighted by Crippen LogP contribution is 2.45. The highest BCUT2D eigenvalue weighted by Gasteiger charge is 2.22. The van der Waals surface area contributed by atoms with Crippen molar-refractivity contribution in [1.29, 1.82) is 0 Å². The van der Waals surface area contributed by atoms with Crippen LogP contribution in [0.3, 0.4) is 0 Å². The first-order chi connectivity index (χ1) is 52.5. The molecule has 6 heterocycles. The van der Waals surface area contributed by atoms with Crippen molar-refractivity contribution in [2.75, 3.05) is 9.80 Å². The summed E-state index contributed by atoms with van der Waals surface area (Å²) in [4.78, 5) is 23.9. The summed E-state index contributed by atoms with van der Waals surface area (Å²) in [5, 5.41) is 7.01. The molecule has 0 unspecified atom stereocenters. The second-order valence-corrected chi connectivity index (χ2v) is 26.3. The van der Waals surface area contributed by atoms with Gasteiger partial charge in [0, 0.05) is 91.6 Å². The van der Waals surface area contributed by atoms with E-state index >= 15 is 0 Å². The number of aromatic nitrogens is 6. The Hall–Kier alpha value is -14.3. The van der Waals surface area contributed by atoms with Gasteiger partial charge in [-0.2, -0.15) is 0 Å². The topological polar surface area (TPSA) is 67.9 Å². The van der Waals surface area contributed by atoms with Crippen LogP contribution in [0.15, 0.2) is 390 Å². The molecular weight excluding hydrogens is 1290 g/mol. The minimum atomic E-state index is 0.950. The lowest BCUT2D eigenvalue weighted by molar-refractivity contribution is 1.13. The minimum absolute atomic E-state index is 0.950. The Morgan fingerprint density at radius 1 is 0.255 bits per heavy atom. The summed E-state index contributed by atoms with van der Waals surface area (Å²) in [6.45, 7) is 8.04. The zero-order valence-corrected chi connectivity index (χ0v) is 57.9. The third kappa shape index (κ3) is 11.9. The van der Waals surface area contributed by atoms with Crippen LogP contribution in [0.2, 0.25) is 0 Å². The first kappa shape index (κ1) is 63.8. The van der Waals surface area contributed by atoms with Crippen LogP contribution < -0.4 is 9.80 Å². The van der Waals surface area contributed by atoms with Crippen molar-refractivity contribution in [3.05, 3.63) is 401 Å². The second kappa shape index (κ2) is 27.9. The molecule has 8 nitrogen and oxygen atoms in total. The van der Waals surface area contributed by atoms with Crippen LogP contribution in [-0.4, -0.2) is 29.1 Å². The van der Waals surface area contributed by atoms with E-state index in [9.17, 15) is 0 Å². The maximum atomic E-state index is 4.93. The molecule has 0 aliphatic heterocycles. The molecule has 0 N–H and O–H groups in total. The molecule has 0 aliphatic carbocycles. The van der Waals surface area contributed by atoms with Gasteiger partial charge in [-0.15, -0.1) is 0 Å². The fraction of sp³-hybridized carbons (Fsp3) is 0. The molecule has 0 saturated carbocycles. The van der Waals surface area contributed by atoms with E-state index in [-0.39, 0.29) is 0 Å². The molecule has 0 spiro atoms. The van der Waals surface area contributed by atoms with Crippen LogP contribution in [0.1, 0.15) is 11.1 Å². The molecule has 0 fully saturated rings. The molecule has 0 saturated heterocycles. The molecule has 13 aromatic carbocycles. The van der Waals surface area contributed by atoms with Crippen molar-refractivity contribution in [3.63, 3.8) is 0 Å². The van der Waals surface area contributed by atoms with E-state index in [2.05, 4.69) is 358 Å². The average Bonchev–Trinajstić information content (AvgIpc) is 1.54. The fourth-order valence-electron chi connectivity index (χ4n) is 15.1. The van der Waals surface area contributed by atoms with E-state index in [0.29, 0.717) is 0 Å². The van der Waals surface area contributed by atoms with E-state index < -0.39 is 0 Å². The first-order valence-electron chi connectivity index (χ1n) is 35.6. The van der Waals surface area contributed by atoms with Crippen LogP contribution in [-0.2, 0) is 0 Å². The molecule has 19 aromatic rings. The Balaban J connectivity index is 0.000000151. The van der Waals surface area contributed by atoms with Gasteiger partial charge in [0.1, 0.15) is 0 Å². The van der Waals surface area contributed by atoms with Crippen LogP contribution in [0.4, 0.5) is 34.1 Å². The fourth-order valence-corrected chi connectivity index (χ4v) is 15.1. The molecule has 19 rings (SSSR count). The largest absolute Gasteiger partial charge is 0.310 e. The summed E-state index contributed by atoms with van der Waals surface area (Å²) in [5.74, 6) is 0. The normalized spacial score (nSPS) is 11.3. The summed E-state index contributed by atoms with van der Waals surface area (Å²) in [5.41, 5.74) is 28.0. The molecule has 500 valence electrons. The van der Waals surface area contributed by atoms with E-state index in [1.54, 1.807) is 0 Å². The summed E-state index contributed by atoms with van der Waals surface area (Å²) < 4.78 is 4.66. The van der Waals surface area contributed by atoms with Crippen molar-refractivity contribution < 1.29 is 0 Å². The van der Waals surface area contributed by atoms with Crippen molar-refractivity contribution in [2.24, 2.45) is 0 Å². The zero-order valence-electron chi connectivity index (χ0n) is 57.9. The van der Waals surface area contributed by atoms with Crippen molar-refractivity contribution in [3.8, 4) is 67.3 Å². The van der Waals surface area contributed by atoms with Gasteiger partial charge in [-0.3, -0.25) is 19.9 Å². The molecule has 106 heavy (non-hydrogen) atoms. The van der Waals surface area contributed by atoms with E-state index in [1.165, 1.54) is 21.5 Å². The van der Waals surface area contributed by atoms with Gasteiger partial charge < -0.3 is 18.9 Å². The van der Waals surface area contributed by atoms with Gasteiger partial charge in [0.25, 0.3) is 0 Å². The Morgan fingerprint density at radius 3 is 1.08 bits per heavy atom. The lowest BCUT2D eigenvalue weighted by atomic mass is 9.96. The van der Waals surface area contributed by atoms with E-state index in [4.69, 9.17) is 9.97 Å². The summed E-state index contributed by atoms with van der Waals surface area (Å²) in [7, 11) is 0. The zero-order chi connectivity index (χ0) is 70.9. The van der Waals surface area contributed by atoms with Gasteiger partial charge in [-0.25, -0.2) is 0 Å². The Morgan fingerprint density at radius 2 is 0.642 bits per heavy atom. The number of nitrogens with zero attached hydrogens (tertiary/aromatic N) is 8. The quantitative estimate of drug-likeness (QED) is 0.102. The molecular formula is C98H68N8. The lowest BCUT2D eigenvalue weighted by Gasteiger charge is -2.28. The number of hydrogen-bond donors (Lipinski definition) is 0. The highest BCUT2D eigenvalue weighted by atomic mass is 15.2. The SMILES string of the molecule is C=Cc1cccc(N(c2ccc(-c3ccc(N(c4cccc(C=C)c4)c4cccc5ccccc45)cc3)cc2)c2cccc3ccccc23)c1.c1ccc(-c2ccccc2-c2ccc3c(c2)c2ncccc2n3-c2cccc(-n3c4ccc(-c5ccccc5-c5ccccn5)cc4c4ncccc43)c2)nc1. The molecule has 0 bridgehead atoms. The Kier molecular flexibility index (Phi) is 16.8. The summed E-state index contributed by atoms with van der Waals surface area (Å²) in [6.07, 6.45) is 11.2. The van der Waals surface area contributed by atoms with Crippen LogP contribution >= 0.6 is 0 Å². The summed E-state index contributed by atoms with van der Waals surface area (Å²) in [6, 6.07) is 124. The number of fused-ring (bicyclic) bond motifs is 8. The van der Waals surface area contributed by atoms with Crippen molar-refractivity contribution in [2.45, 2.75) is 0 Å². The molecule has 0 atom stereocenters. The molecule has 0 amide bonds. The minimum Gasteiger partial charge on any atom is -0.310 e. The smallest absolute Gasteiger partial charge is 0.0963 e. The van der Waals surface area contributed by atoms with Gasteiger partial charge in [0.2, 0.25) is 0 Å². The molecule has 0 aliphatic rings. The number of anilines is 6. The predicted octanol–water partition coefficient (Wildman–Crippen LogP) is 26.0. The van der Waals surface area contributed by atoms with Gasteiger partial charge in [0.15, 0.2) is 0 Å². The molecule has 0 radical (unpaired) electrons. The van der Waals surface area contributed by atoms with Gasteiger partial charge in [-0.1, -0.05) is 226 Å². The van der Waals surface area contributed by atoms with Gasteiger partial charge in [-0.05, 0) is 207 Å². The third-order valence-electron chi connectivity index (χ3n) is 20.1. The third-order valence-corrected chi connectivity index (χ3v) is 20.1. The van der Waals surface area contributed by atoms with E-state index in [0.717, 1.165) is 156 Å². The standard InChI is InChI=1S/C50H32N6.C48H36N2/c1-3-16-39(43-18-5-7-26-51-43)37(14-1)33-22-24-45-41(30-33)49-47(20-10-28-53-49)55(45)35-12-9-13-36(32-35)56-46-25-23-34(31-42(46)50-48(56)21-11-29-54-50)38-15-2-4-17-40(38)44-19-6-8-27-52-44;1-3-35-13-9-19-43(33-35)49(47-23-11-17-39-15-5-7-21-45(39)47)41-29-25-37(26-30-41)38-27-31-42(32-28-38)50(44-20-10-14-36(4-2)34-44)48-24-12-18-40-16-6-8-22-46(40)48/h1-32H;3-34H,1-2H2. The van der Waals surface area contributed by atoms with Crippen LogP contribution in [0.5, 0.6) is 0 Å².